The molecule has 0 saturated heterocycles. The number of rotatable bonds is 14. The first-order valence-corrected chi connectivity index (χ1v) is 40.6. The molecule has 0 radical (unpaired) electrons. The van der Waals surface area contributed by atoms with Crippen LogP contribution in [0.15, 0.2) is 170 Å². The van der Waals surface area contributed by atoms with Gasteiger partial charge in [0.05, 0.1) is 80.0 Å². The van der Waals surface area contributed by atoms with Crippen molar-refractivity contribution in [2.24, 2.45) is 42.3 Å². The van der Waals surface area contributed by atoms with E-state index in [9.17, 15) is 9.59 Å². The summed E-state index contributed by atoms with van der Waals surface area (Å²) in [4.78, 5) is 49.5. The first kappa shape index (κ1) is 83.6. The molecule has 0 unspecified atom stereocenters. The van der Waals surface area contributed by atoms with Gasteiger partial charge in [0.1, 0.15) is 31.6 Å². The van der Waals surface area contributed by atoms with E-state index in [1.807, 2.05) is 218 Å². The normalized spacial score (nSPS) is 12.1. The van der Waals surface area contributed by atoms with Gasteiger partial charge in [-0.05, 0) is 240 Å². The Bertz CT molecular complexity index is 5860. The topological polar surface area (TPSA) is 244 Å². The number of halogens is 6. The number of hydrogen-bond acceptors (Lipinski definition) is 18. The largest absolute Gasteiger partial charge is 0.488 e. The fourth-order valence-corrected chi connectivity index (χ4v) is 16.8. The second-order valence-corrected chi connectivity index (χ2v) is 34.4. The third-order valence-corrected chi connectivity index (χ3v) is 22.0. The lowest BCUT2D eigenvalue weighted by Crippen LogP contribution is -2.29. The van der Waals surface area contributed by atoms with Gasteiger partial charge in [0.2, 0.25) is 0 Å². The highest BCUT2D eigenvalue weighted by molar-refractivity contribution is 9.11. The zero-order chi connectivity index (χ0) is 80.2. The summed E-state index contributed by atoms with van der Waals surface area (Å²) < 4.78 is 40.1. The van der Waals surface area contributed by atoms with Gasteiger partial charge >= 0.3 is 19.1 Å². The number of benzene rings is 7. The Hall–Kier alpha value is -8.30. The number of carbonyl (C=O) groups excluding carboxylic acids is 2. The number of imidazole rings is 3. The van der Waals surface area contributed by atoms with Gasteiger partial charge in [0.25, 0.3) is 0 Å². The van der Waals surface area contributed by atoms with Crippen LogP contribution < -0.4 is 5.46 Å². The predicted octanol–water partition coefficient (Wildman–Crippen LogP) is 19.3. The maximum absolute atomic E-state index is 13.4. The summed E-state index contributed by atoms with van der Waals surface area (Å²) >= 11 is 28.8. The zero-order valence-electron chi connectivity index (χ0n) is 63.8. The van der Waals surface area contributed by atoms with E-state index in [1.165, 1.54) is 11.3 Å². The van der Waals surface area contributed by atoms with E-state index >= 15 is 0 Å². The molecular weight excluding hydrogens is 1750 g/mol. The average Bonchev–Trinajstić information content (AvgIpc) is 1.66. The summed E-state index contributed by atoms with van der Waals surface area (Å²) in [5, 5.41) is 35.6. The summed E-state index contributed by atoms with van der Waals surface area (Å²) in [5.41, 5.74) is 14.1. The Balaban J connectivity index is 0.000000154. The van der Waals surface area contributed by atoms with Crippen LogP contribution in [-0.4, -0.2) is 121 Å². The van der Waals surface area contributed by atoms with Crippen molar-refractivity contribution in [2.45, 2.75) is 92.6 Å². The minimum atomic E-state index is -1.41. The predicted molar refractivity (Wildman–Crippen MR) is 459 cm³/mol. The van der Waals surface area contributed by atoms with Crippen molar-refractivity contribution in [1.82, 2.24) is 68.0 Å². The first-order valence-electron chi connectivity index (χ1n) is 35.0. The number of aryl methyl sites for hydroxylation is 8. The quantitative estimate of drug-likeness (QED) is 0.0759. The third-order valence-electron chi connectivity index (χ3n) is 17.4. The van der Waals surface area contributed by atoms with Gasteiger partial charge in [-0.25, -0.2) is 34.5 Å². The summed E-state index contributed by atoms with van der Waals surface area (Å²) in [6.45, 7) is 19.7. The Labute approximate surface area is 694 Å². The summed E-state index contributed by atoms with van der Waals surface area (Å²) in [6.07, 6.45) is 9.47. The van der Waals surface area contributed by atoms with Crippen LogP contribution in [-0.2, 0) is 70.8 Å². The lowest BCUT2D eigenvalue weighted by Gasteiger charge is -2.29. The fraction of sp³-hybridized carbons (Fsp3) is 0.275. The Kier molecular flexibility index (Phi) is 26.7. The molecule has 0 fully saturated rings. The SMILES string of the molecule is CCOC(=O)[C@@H](OC(C)(C)C)c1c(C)cc2nc(-c3cn(C)c(-c4ccc5c(cnn5C)c4)n3)sc2c1-c1ccc(Cl)cc1.CCOC(=O)[C@@H](OC(C)(C)C)c1c(C)cc2nc(Br)sc2c1-c1ccc(Cl)cc1.Cn1cc(Br)nc1-c1ccc2c(cnn2C)c1.Cn1cc(Br)nc1Br.Cn1ncc2cc(B(O)O)ccc21. The molecule has 0 aliphatic rings. The number of carbonyl (C=O) groups is 2. The van der Waals surface area contributed by atoms with E-state index in [-0.39, 0.29) is 13.2 Å². The molecular formula is C80H81BBr4Cl2N14O8S2. The van der Waals surface area contributed by atoms with Gasteiger partial charge in [-0.2, -0.15) is 15.3 Å². The fourth-order valence-electron chi connectivity index (χ4n) is 12.5. The van der Waals surface area contributed by atoms with Gasteiger partial charge < -0.3 is 42.7 Å². The van der Waals surface area contributed by atoms with E-state index in [1.54, 1.807) is 48.2 Å². The van der Waals surface area contributed by atoms with Crippen LogP contribution in [0.3, 0.4) is 0 Å². The second kappa shape index (κ2) is 35.4. The minimum absolute atomic E-state index is 0.251. The molecule has 0 bridgehead atoms. The highest BCUT2D eigenvalue weighted by atomic mass is 79.9. The van der Waals surface area contributed by atoms with Crippen molar-refractivity contribution in [3.05, 3.63) is 203 Å². The van der Waals surface area contributed by atoms with Crippen molar-refractivity contribution in [3.8, 4) is 55.7 Å². The maximum atomic E-state index is 13.4. The standard InChI is InChI=1S/C34H34ClN5O3S.C22H23BrClNO3S.C12H11BrN4.C8H9BN2O2.C4H4Br2N2/c1-8-42-33(41)29(43-34(3,4)5)27-19(2)15-24-30(28(27)20-9-12-23(35)13-10-20)44-32(38-24)25-18-39(6)31(37-25)21-11-14-26-22(16-21)17-36-40(26)7;1-6-27-20(26)18(28-22(3,4)5)16-12(2)11-15-19(29-21(23)25-15)17(16)13-7-9-14(24)10-8-13;1-16-7-11(13)15-12(16)8-3-4-10-9(5-8)6-14-17(10)2;1-11-8-3-2-7(9(12)13)4-6(8)5-10-11;1-8-2-3(5)7-4(8)6/h9-18,29H,8H2,1-7H3;7-11,18H,6H2,1-5H3;3-7H,1-2H3;2-5,12-13H,1H3;2H,1H3/t29-;18-;;;/m00.../s1. The van der Waals surface area contributed by atoms with E-state index in [0.29, 0.717) is 15.5 Å². The third kappa shape index (κ3) is 19.8. The molecule has 0 aliphatic carbocycles. The van der Waals surface area contributed by atoms with Crippen LogP contribution in [0.1, 0.15) is 89.9 Å². The van der Waals surface area contributed by atoms with Crippen molar-refractivity contribution in [2.75, 3.05) is 13.2 Å². The highest BCUT2D eigenvalue weighted by Crippen LogP contribution is 2.47. The van der Waals surface area contributed by atoms with Gasteiger partial charge in [-0.1, -0.05) is 59.6 Å². The van der Waals surface area contributed by atoms with Gasteiger partial charge in [-0.3, -0.25) is 14.0 Å². The molecule has 0 spiro atoms. The number of nitrogens with zero attached hydrogens (tertiary/aromatic N) is 14. The summed E-state index contributed by atoms with van der Waals surface area (Å²) in [5.74, 6) is 0.955. The maximum Gasteiger partial charge on any atom is 0.488 e. The van der Waals surface area contributed by atoms with E-state index in [2.05, 4.69) is 130 Å². The lowest BCUT2D eigenvalue weighted by molar-refractivity contribution is -0.167. The van der Waals surface area contributed by atoms with Crippen molar-refractivity contribution in [1.29, 1.82) is 0 Å². The number of thiazole rings is 2. The molecule has 15 aromatic rings. The highest BCUT2D eigenvalue weighted by Gasteiger charge is 2.36. The van der Waals surface area contributed by atoms with Gasteiger partial charge in [0.15, 0.2) is 20.9 Å². The summed E-state index contributed by atoms with van der Waals surface area (Å²) in [7, 11) is 10.2. The van der Waals surface area contributed by atoms with Crippen molar-refractivity contribution < 1.29 is 38.6 Å². The van der Waals surface area contributed by atoms with Crippen LogP contribution in [0.25, 0.3) is 109 Å². The molecule has 22 nitrogen and oxygen atoms in total. The van der Waals surface area contributed by atoms with Crippen LogP contribution in [0.5, 0.6) is 0 Å². The monoisotopic (exact) mass is 1830 g/mol. The van der Waals surface area contributed by atoms with Crippen LogP contribution in [0.2, 0.25) is 10.0 Å². The molecule has 15 rings (SSSR count). The average molecular weight is 1830 g/mol. The van der Waals surface area contributed by atoms with E-state index < -0.39 is 42.5 Å². The Morgan fingerprint density at radius 2 is 0.910 bits per heavy atom. The van der Waals surface area contributed by atoms with Crippen LogP contribution in [0, 0.1) is 13.8 Å². The van der Waals surface area contributed by atoms with Gasteiger partial charge in [0, 0.05) is 120 Å². The zero-order valence-corrected chi connectivity index (χ0v) is 73.3. The number of aromatic nitrogens is 14. The molecule has 576 valence electrons. The molecule has 0 aliphatic heterocycles. The molecule has 0 saturated carbocycles. The molecule has 7 aromatic carbocycles. The number of hydrogen-bond donors (Lipinski definition) is 2. The molecule has 2 atom stereocenters. The van der Waals surface area contributed by atoms with Crippen LogP contribution >= 0.6 is 110 Å². The van der Waals surface area contributed by atoms with Crippen molar-refractivity contribution >= 4 is 187 Å². The van der Waals surface area contributed by atoms with Crippen LogP contribution in [0.4, 0.5) is 0 Å². The Morgan fingerprint density at radius 3 is 1.32 bits per heavy atom. The van der Waals surface area contributed by atoms with E-state index in [4.69, 9.17) is 62.2 Å². The van der Waals surface area contributed by atoms with Crippen molar-refractivity contribution in [3.63, 3.8) is 0 Å². The number of ether oxygens (including phenoxy) is 4. The molecule has 111 heavy (non-hydrogen) atoms. The molecule has 0 amide bonds. The molecule has 8 aromatic heterocycles. The number of esters is 2. The minimum Gasteiger partial charge on any atom is -0.464 e. The number of fused-ring (bicyclic) bond motifs is 5. The molecule has 8 heterocycles. The molecule has 31 heteroatoms. The Morgan fingerprint density at radius 1 is 0.505 bits per heavy atom. The lowest BCUT2D eigenvalue weighted by atomic mass is 9.80. The molecule has 2 N–H and O–H groups in total. The van der Waals surface area contributed by atoms with Gasteiger partial charge in [-0.15, -0.1) is 22.7 Å². The first-order chi connectivity index (χ1) is 52.6. The summed E-state index contributed by atoms with van der Waals surface area (Å²) in [6, 6.07) is 36.9. The second-order valence-electron chi connectivity index (χ2n) is 27.9. The smallest absolute Gasteiger partial charge is 0.464 e. The van der Waals surface area contributed by atoms with E-state index in [0.717, 1.165) is 149 Å².